The number of carboxylic acids is 1. The summed E-state index contributed by atoms with van der Waals surface area (Å²) in [5.74, 6) is -0.800. The van der Waals surface area contributed by atoms with Gasteiger partial charge in [0.2, 0.25) is 0 Å². The van der Waals surface area contributed by atoms with Gasteiger partial charge in [-0.25, -0.2) is 9.78 Å². The van der Waals surface area contributed by atoms with Gasteiger partial charge < -0.3 is 9.84 Å². The van der Waals surface area contributed by atoms with Crippen LogP contribution in [0.15, 0.2) is 30.5 Å². The number of pyridine rings is 1. The summed E-state index contributed by atoms with van der Waals surface area (Å²) in [6, 6.07) is 6.18. The van der Waals surface area contributed by atoms with E-state index >= 15 is 0 Å². The predicted octanol–water partition coefficient (Wildman–Crippen LogP) is 4.32. The molecule has 2 aromatic rings. The fraction of sp³-hybridized carbons (Fsp3) is 0.0769. The molecule has 0 atom stereocenters. The van der Waals surface area contributed by atoms with Crippen molar-refractivity contribution in [2.75, 3.05) is 0 Å². The second-order valence-electron chi connectivity index (χ2n) is 3.80. The van der Waals surface area contributed by atoms with Crippen molar-refractivity contribution in [3.05, 3.63) is 56.8 Å². The van der Waals surface area contributed by atoms with Gasteiger partial charge >= 0.3 is 5.97 Å². The number of aromatic carboxylic acids is 1. The number of nitrogens with zero attached hydrogens (tertiary/aromatic N) is 1. The number of hydrogen-bond acceptors (Lipinski definition) is 3. The summed E-state index contributed by atoms with van der Waals surface area (Å²) in [4.78, 5) is 14.8. The van der Waals surface area contributed by atoms with E-state index < -0.39 is 5.97 Å². The predicted molar refractivity (Wildman–Crippen MR) is 77.0 cm³/mol. The van der Waals surface area contributed by atoms with E-state index in [4.69, 9.17) is 44.6 Å². The molecule has 4 nitrogen and oxygen atoms in total. The van der Waals surface area contributed by atoms with Crippen LogP contribution in [-0.4, -0.2) is 16.1 Å². The lowest BCUT2D eigenvalue weighted by molar-refractivity contribution is 0.0687. The molecule has 104 valence electrons. The molecule has 0 amide bonds. The van der Waals surface area contributed by atoms with Crippen LogP contribution in [0.25, 0.3) is 0 Å². The van der Waals surface area contributed by atoms with Crippen molar-refractivity contribution in [3.8, 4) is 5.75 Å². The Kier molecular flexibility index (Phi) is 4.70. The molecule has 1 aromatic heterocycles. The van der Waals surface area contributed by atoms with Crippen LogP contribution in [0.3, 0.4) is 0 Å². The molecule has 20 heavy (non-hydrogen) atoms. The summed E-state index contributed by atoms with van der Waals surface area (Å²) in [6.07, 6.45) is 1.40. The minimum Gasteiger partial charge on any atom is -0.487 e. The van der Waals surface area contributed by atoms with Crippen molar-refractivity contribution in [3.63, 3.8) is 0 Å². The monoisotopic (exact) mass is 331 g/mol. The minimum atomic E-state index is -1.12. The zero-order valence-corrected chi connectivity index (χ0v) is 12.2. The van der Waals surface area contributed by atoms with Gasteiger partial charge in [0.05, 0.1) is 15.1 Å². The minimum absolute atomic E-state index is 0.00710. The van der Waals surface area contributed by atoms with Crippen molar-refractivity contribution in [1.82, 2.24) is 4.98 Å². The van der Waals surface area contributed by atoms with E-state index in [1.54, 1.807) is 12.1 Å². The third kappa shape index (κ3) is 3.33. The summed E-state index contributed by atoms with van der Waals surface area (Å²) < 4.78 is 5.47. The van der Waals surface area contributed by atoms with Crippen LogP contribution >= 0.6 is 34.8 Å². The third-order valence-corrected chi connectivity index (χ3v) is 3.47. The van der Waals surface area contributed by atoms with Crippen LogP contribution in [-0.2, 0) is 6.61 Å². The Hall–Kier alpha value is -1.49. The number of carbonyl (C=O) groups is 1. The number of rotatable bonds is 4. The average molecular weight is 333 g/mol. The summed E-state index contributed by atoms with van der Waals surface area (Å²) in [5.41, 5.74) is 0.367. The van der Waals surface area contributed by atoms with Crippen molar-refractivity contribution in [2.24, 2.45) is 0 Å². The molecule has 0 spiro atoms. The molecule has 1 aromatic carbocycles. The molecule has 2 rings (SSSR count). The van der Waals surface area contributed by atoms with E-state index in [0.717, 1.165) is 0 Å². The van der Waals surface area contributed by atoms with E-state index in [1.165, 1.54) is 18.3 Å². The Labute approximate surface area is 129 Å². The maximum Gasteiger partial charge on any atom is 0.354 e. The molecule has 0 aliphatic carbocycles. The Bertz CT molecular complexity index is 661. The Balaban J connectivity index is 2.21. The fourth-order valence-corrected chi connectivity index (χ4v) is 2.11. The number of halogens is 3. The maximum atomic E-state index is 11.0. The van der Waals surface area contributed by atoms with Crippen molar-refractivity contribution in [1.29, 1.82) is 0 Å². The highest BCUT2D eigenvalue weighted by Crippen LogP contribution is 2.34. The molecule has 0 radical (unpaired) electrons. The lowest BCUT2D eigenvalue weighted by Gasteiger charge is -2.10. The SMILES string of the molecule is O=C(O)c1ncccc1COc1cc(Cl)c(Cl)cc1Cl. The van der Waals surface area contributed by atoms with Crippen LogP contribution in [0, 0.1) is 0 Å². The number of hydrogen-bond donors (Lipinski definition) is 1. The molecule has 0 aliphatic rings. The number of carboxylic acid groups (broad SMARTS) is 1. The van der Waals surface area contributed by atoms with Crippen molar-refractivity contribution >= 4 is 40.8 Å². The van der Waals surface area contributed by atoms with Crippen LogP contribution in [0.1, 0.15) is 16.1 Å². The molecule has 1 heterocycles. The highest BCUT2D eigenvalue weighted by Gasteiger charge is 2.13. The fourth-order valence-electron chi connectivity index (χ4n) is 1.52. The first-order valence-corrected chi connectivity index (χ1v) is 6.57. The van der Waals surface area contributed by atoms with Gasteiger partial charge in [-0.3, -0.25) is 0 Å². The second-order valence-corrected chi connectivity index (χ2v) is 5.02. The Morgan fingerprint density at radius 3 is 2.60 bits per heavy atom. The van der Waals surface area contributed by atoms with Gasteiger partial charge in [-0.15, -0.1) is 0 Å². The first-order chi connectivity index (χ1) is 9.49. The molecule has 0 aliphatic heterocycles. The van der Waals surface area contributed by atoms with Crippen LogP contribution in [0.5, 0.6) is 5.75 Å². The standard InChI is InChI=1S/C13H8Cl3NO3/c14-8-4-10(16)11(5-9(8)15)20-6-7-2-1-3-17-12(7)13(18)19/h1-5H,6H2,(H,18,19). The zero-order chi connectivity index (χ0) is 14.7. The van der Waals surface area contributed by atoms with Gasteiger partial charge in [-0.2, -0.15) is 0 Å². The van der Waals surface area contributed by atoms with Gasteiger partial charge in [-0.05, 0) is 12.1 Å². The average Bonchev–Trinajstić information content (AvgIpc) is 2.41. The molecule has 0 saturated heterocycles. The number of benzene rings is 1. The molecule has 1 N–H and O–H groups in total. The summed E-state index contributed by atoms with van der Waals surface area (Å²) in [7, 11) is 0. The quantitative estimate of drug-likeness (QED) is 0.847. The van der Waals surface area contributed by atoms with E-state index in [-0.39, 0.29) is 12.3 Å². The Morgan fingerprint density at radius 1 is 1.20 bits per heavy atom. The summed E-state index contributed by atoms with van der Waals surface area (Å²) >= 11 is 17.7. The normalized spacial score (nSPS) is 10.3. The van der Waals surface area contributed by atoms with Crippen LogP contribution in [0.4, 0.5) is 0 Å². The smallest absolute Gasteiger partial charge is 0.354 e. The first kappa shape index (κ1) is 14.9. The van der Waals surface area contributed by atoms with Crippen LogP contribution in [0.2, 0.25) is 15.1 Å². The van der Waals surface area contributed by atoms with Crippen LogP contribution < -0.4 is 4.74 Å². The molecular weight excluding hydrogens is 325 g/mol. The highest BCUT2D eigenvalue weighted by atomic mass is 35.5. The van der Waals surface area contributed by atoms with E-state index in [0.29, 0.717) is 26.4 Å². The Morgan fingerprint density at radius 2 is 1.90 bits per heavy atom. The topological polar surface area (TPSA) is 59.4 Å². The van der Waals surface area contributed by atoms with Crippen molar-refractivity contribution < 1.29 is 14.6 Å². The van der Waals surface area contributed by atoms with Gasteiger partial charge in [-0.1, -0.05) is 40.9 Å². The zero-order valence-electron chi connectivity index (χ0n) is 9.94. The van der Waals surface area contributed by atoms with Crippen molar-refractivity contribution in [2.45, 2.75) is 6.61 Å². The third-order valence-electron chi connectivity index (χ3n) is 2.45. The molecule has 0 unspecified atom stereocenters. The molecule has 0 bridgehead atoms. The molecule has 0 fully saturated rings. The van der Waals surface area contributed by atoms with Gasteiger partial charge in [0.15, 0.2) is 5.69 Å². The van der Waals surface area contributed by atoms with E-state index in [2.05, 4.69) is 4.98 Å². The molecule has 0 saturated carbocycles. The first-order valence-electron chi connectivity index (χ1n) is 5.43. The largest absolute Gasteiger partial charge is 0.487 e. The highest BCUT2D eigenvalue weighted by molar-refractivity contribution is 6.43. The lowest BCUT2D eigenvalue weighted by atomic mass is 10.2. The molecule has 7 heteroatoms. The number of aromatic nitrogens is 1. The second kappa shape index (κ2) is 6.31. The van der Waals surface area contributed by atoms with E-state index in [9.17, 15) is 4.79 Å². The van der Waals surface area contributed by atoms with Gasteiger partial charge in [0.25, 0.3) is 0 Å². The van der Waals surface area contributed by atoms with E-state index in [1.807, 2.05) is 0 Å². The van der Waals surface area contributed by atoms with Gasteiger partial charge in [0, 0.05) is 17.8 Å². The van der Waals surface area contributed by atoms with Gasteiger partial charge in [0.1, 0.15) is 12.4 Å². The lowest BCUT2D eigenvalue weighted by Crippen LogP contribution is -2.08. The molecular formula is C13H8Cl3NO3. The summed E-state index contributed by atoms with van der Waals surface area (Å²) in [5, 5.41) is 9.92. The maximum absolute atomic E-state index is 11.0. The number of ether oxygens (including phenoxy) is 1. The summed E-state index contributed by atoms with van der Waals surface area (Å²) in [6.45, 7) is 0.00710.